The lowest BCUT2D eigenvalue weighted by atomic mass is 10.0. The normalized spacial score (nSPS) is 13.6. The maximum Gasteiger partial charge on any atom is 0.253 e. The molecular weight excluding hydrogens is 379 g/mol. The van der Waals surface area contributed by atoms with Crippen molar-refractivity contribution in [3.63, 3.8) is 0 Å². The van der Waals surface area contributed by atoms with Gasteiger partial charge >= 0.3 is 0 Å². The monoisotopic (exact) mass is 402 g/mol. The van der Waals surface area contributed by atoms with Gasteiger partial charge < -0.3 is 10.6 Å². The first-order valence-electron chi connectivity index (χ1n) is 10.2. The first kappa shape index (κ1) is 18.5. The molecule has 0 unspecified atom stereocenters. The molecule has 2 aromatic heterocycles. The molecule has 0 radical (unpaired) electrons. The number of nitrogens with one attached hydrogen (secondary N) is 2. The predicted molar refractivity (Wildman–Crippen MR) is 117 cm³/mol. The summed E-state index contributed by atoms with van der Waals surface area (Å²) in [6.07, 6.45) is 5.67. The van der Waals surface area contributed by atoms with Crippen molar-refractivity contribution in [3.05, 3.63) is 71.3 Å². The zero-order valence-electron chi connectivity index (χ0n) is 17.0. The van der Waals surface area contributed by atoms with E-state index in [1.807, 2.05) is 12.1 Å². The third kappa shape index (κ3) is 3.58. The van der Waals surface area contributed by atoms with E-state index in [1.54, 1.807) is 23.1 Å². The third-order valence-electron chi connectivity index (χ3n) is 5.50. The van der Waals surface area contributed by atoms with E-state index >= 15 is 0 Å². The van der Waals surface area contributed by atoms with Crippen molar-refractivity contribution in [1.29, 1.82) is 0 Å². The van der Waals surface area contributed by atoms with Crippen LogP contribution in [0.15, 0.2) is 48.8 Å². The highest BCUT2D eigenvalue weighted by atomic mass is 19.1. The second kappa shape index (κ2) is 7.40. The average Bonchev–Trinajstić information content (AvgIpc) is 3.36. The SMILES string of the molecule is Cc1cccc(C)c1CNc1cc2c(NC3CC3)nc(-n3cccn3)nc2cc1F. The van der Waals surface area contributed by atoms with Gasteiger partial charge in [0, 0.05) is 36.4 Å². The number of nitrogens with zero attached hydrogens (tertiary/aromatic N) is 4. The van der Waals surface area contributed by atoms with E-state index < -0.39 is 0 Å². The largest absolute Gasteiger partial charge is 0.379 e. The highest BCUT2D eigenvalue weighted by molar-refractivity contribution is 5.92. The smallest absolute Gasteiger partial charge is 0.253 e. The molecule has 0 spiro atoms. The molecular formula is C23H23FN6. The quantitative estimate of drug-likeness (QED) is 0.487. The van der Waals surface area contributed by atoms with Crippen LogP contribution in [0.4, 0.5) is 15.9 Å². The Kier molecular flexibility index (Phi) is 4.58. The van der Waals surface area contributed by atoms with Crippen molar-refractivity contribution in [1.82, 2.24) is 19.7 Å². The highest BCUT2D eigenvalue weighted by Crippen LogP contribution is 2.31. The lowest BCUT2D eigenvalue weighted by Gasteiger charge is -2.15. The number of benzene rings is 2. The molecule has 1 fully saturated rings. The molecule has 152 valence electrons. The van der Waals surface area contributed by atoms with Crippen molar-refractivity contribution < 1.29 is 4.39 Å². The molecule has 6 nitrogen and oxygen atoms in total. The van der Waals surface area contributed by atoms with Gasteiger partial charge in [0.05, 0.1) is 11.2 Å². The highest BCUT2D eigenvalue weighted by Gasteiger charge is 2.23. The van der Waals surface area contributed by atoms with E-state index in [2.05, 4.69) is 51.7 Å². The molecule has 0 atom stereocenters. The molecule has 7 heteroatoms. The molecule has 4 aromatic rings. The first-order valence-corrected chi connectivity index (χ1v) is 10.2. The van der Waals surface area contributed by atoms with Crippen LogP contribution in [0.3, 0.4) is 0 Å². The van der Waals surface area contributed by atoms with Gasteiger partial charge in [0.15, 0.2) is 0 Å². The maximum atomic E-state index is 14.9. The number of aromatic nitrogens is 4. The summed E-state index contributed by atoms with van der Waals surface area (Å²) in [4.78, 5) is 9.20. The van der Waals surface area contributed by atoms with Gasteiger partial charge in [0.25, 0.3) is 5.95 Å². The molecule has 30 heavy (non-hydrogen) atoms. The van der Waals surface area contributed by atoms with Crippen LogP contribution in [-0.2, 0) is 6.54 Å². The van der Waals surface area contributed by atoms with Crippen molar-refractivity contribution >= 4 is 22.4 Å². The van der Waals surface area contributed by atoms with Crippen LogP contribution < -0.4 is 10.6 Å². The van der Waals surface area contributed by atoms with E-state index in [9.17, 15) is 4.39 Å². The Hall–Kier alpha value is -3.48. The van der Waals surface area contributed by atoms with E-state index in [0.717, 1.165) is 18.2 Å². The topological polar surface area (TPSA) is 67.7 Å². The van der Waals surface area contributed by atoms with Crippen molar-refractivity contribution in [2.75, 3.05) is 10.6 Å². The molecule has 2 N–H and O–H groups in total. The van der Waals surface area contributed by atoms with Crippen LogP contribution in [0.25, 0.3) is 16.9 Å². The summed E-state index contributed by atoms with van der Waals surface area (Å²) in [5, 5.41) is 11.7. The van der Waals surface area contributed by atoms with Gasteiger partial charge in [0.1, 0.15) is 11.6 Å². The molecule has 0 aliphatic heterocycles. The van der Waals surface area contributed by atoms with Crippen molar-refractivity contribution in [3.8, 4) is 5.95 Å². The van der Waals surface area contributed by atoms with E-state index in [0.29, 0.717) is 35.6 Å². The number of anilines is 2. The van der Waals surface area contributed by atoms with Crippen LogP contribution in [0.5, 0.6) is 0 Å². The minimum atomic E-state index is -0.337. The third-order valence-corrected chi connectivity index (χ3v) is 5.50. The van der Waals surface area contributed by atoms with Crippen LogP contribution >= 0.6 is 0 Å². The van der Waals surface area contributed by atoms with Gasteiger partial charge in [-0.05, 0) is 55.5 Å². The van der Waals surface area contributed by atoms with Gasteiger partial charge in [0.2, 0.25) is 0 Å². The molecule has 1 aliphatic carbocycles. The standard InChI is InChI=1S/C23H23FN6/c1-14-5-3-6-15(2)18(14)13-25-21-11-17-20(12-19(21)24)28-23(30-10-4-9-26-30)29-22(17)27-16-7-8-16/h3-6,9-12,16,25H,7-8,13H2,1-2H3,(H,27,28,29). The summed E-state index contributed by atoms with van der Waals surface area (Å²) in [6.45, 7) is 4.70. The van der Waals surface area contributed by atoms with Gasteiger partial charge in [-0.15, -0.1) is 0 Å². The second-order valence-electron chi connectivity index (χ2n) is 7.81. The summed E-state index contributed by atoms with van der Waals surface area (Å²) < 4.78 is 16.5. The Labute approximate surface area is 174 Å². The summed E-state index contributed by atoms with van der Waals surface area (Å²) in [5.74, 6) is 0.797. The van der Waals surface area contributed by atoms with Crippen LogP contribution in [0.1, 0.15) is 29.5 Å². The molecule has 1 aliphatic rings. The van der Waals surface area contributed by atoms with Gasteiger partial charge in [-0.1, -0.05) is 18.2 Å². The zero-order valence-corrected chi connectivity index (χ0v) is 17.0. The van der Waals surface area contributed by atoms with E-state index in [1.165, 1.54) is 22.8 Å². The number of rotatable bonds is 6. The van der Waals surface area contributed by atoms with Crippen molar-refractivity contribution in [2.24, 2.45) is 0 Å². The predicted octanol–water partition coefficient (Wildman–Crippen LogP) is 4.76. The lowest BCUT2D eigenvalue weighted by Crippen LogP contribution is -2.10. The van der Waals surface area contributed by atoms with Gasteiger partial charge in [-0.2, -0.15) is 10.1 Å². The Morgan fingerprint density at radius 1 is 1.10 bits per heavy atom. The summed E-state index contributed by atoms with van der Waals surface area (Å²) in [7, 11) is 0. The summed E-state index contributed by atoms with van der Waals surface area (Å²) in [5.41, 5.74) is 4.55. The number of aryl methyl sites for hydroxylation is 2. The Morgan fingerprint density at radius 2 is 1.90 bits per heavy atom. The fraction of sp³-hybridized carbons (Fsp3) is 0.261. The maximum absolute atomic E-state index is 14.9. The average molecular weight is 402 g/mol. The second-order valence-corrected chi connectivity index (χ2v) is 7.81. The first-order chi connectivity index (χ1) is 14.6. The summed E-state index contributed by atoms with van der Waals surface area (Å²) in [6, 6.07) is 11.7. The molecule has 2 aromatic carbocycles. The van der Waals surface area contributed by atoms with E-state index in [-0.39, 0.29) is 5.82 Å². The lowest BCUT2D eigenvalue weighted by molar-refractivity contribution is 0.631. The Morgan fingerprint density at radius 3 is 2.60 bits per heavy atom. The van der Waals surface area contributed by atoms with Gasteiger partial charge in [-0.25, -0.2) is 14.1 Å². The van der Waals surface area contributed by atoms with E-state index in [4.69, 9.17) is 0 Å². The molecule has 2 heterocycles. The van der Waals surface area contributed by atoms with Crippen molar-refractivity contribution in [2.45, 2.75) is 39.3 Å². The van der Waals surface area contributed by atoms with Crippen LogP contribution in [0.2, 0.25) is 0 Å². The minimum Gasteiger partial charge on any atom is -0.379 e. The molecule has 0 bridgehead atoms. The zero-order chi connectivity index (χ0) is 20.7. The number of hydrogen-bond donors (Lipinski definition) is 2. The molecule has 5 rings (SSSR count). The Balaban J connectivity index is 1.54. The number of halogens is 1. The fourth-order valence-electron chi connectivity index (χ4n) is 3.61. The number of hydrogen-bond acceptors (Lipinski definition) is 5. The van der Waals surface area contributed by atoms with Crippen LogP contribution in [0, 0.1) is 19.7 Å². The summed E-state index contributed by atoms with van der Waals surface area (Å²) >= 11 is 0. The molecule has 0 saturated heterocycles. The number of fused-ring (bicyclic) bond motifs is 1. The molecule has 0 amide bonds. The van der Waals surface area contributed by atoms with Crippen LogP contribution in [-0.4, -0.2) is 25.8 Å². The molecule has 1 saturated carbocycles. The Bertz CT molecular complexity index is 1190. The minimum absolute atomic E-state index is 0.337. The fourth-order valence-corrected chi connectivity index (χ4v) is 3.61. The van der Waals surface area contributed by atoms with Gasteiger partial charge in [-0.3, -0.25) is 0 Å².